The number of phenolic OH excluding ortho intramolecular Hbond substituents is 1. The Morgan fingerprint density at radius 2 is 1.95 bits per heavy atom. The van der Waals surface area contributed by atoms with Gasteiger partial charge in [-0.2, -0.15) is 0 Å². The first kappa shape index (κ1) is 12.9. The number of benzene rings is 1. The number of morpholine rings is 1. The molecule has 3 nitrogen and oxygen atoms in total. The van der Waals surface area contributed by atoms with Crippen LogP contribution in [0.2, 0.25) is 0 Å². The maximum absolute atomic E-state index is 9.77. The number of aromatic hydroxyl groups is 1. The van der Waals surface area contributed by atoms with Gasteiger partial charge in [0.2, 0.25) is 0 Å². The van der Waals surface area contributed by atoms with Crippen molar-refractivity contribution >= 4 is 0 Å². The van der Waals surface area contributed by atoms with Gasteiger partial charge in [0.05, 0.1) is 12.2 Å². The van der Waals surface area contributed by atoms with Crippen LogP contribution in [0.3, 0.4) is 0 Å². The lowest BCUT2D eigenvalue weighted by Crippen LogP contribution is -2.47. The highest BCUT2D eigenvalue weighted by Gasteiger charge is 2.31. The van der Waals surface area contributed by atoms with Crippen molar-refractivity contribution < 1.29 is 9.84 Å². The van der Waals surface area contributed by atoms with Crippen molar-refractivity contribution in [1.82, 2.24) is 4.90 Å². The molecule has 1 aromatic rings. The first-order valence-electron chi connectivity index (χ1n) is 7.35. The minimum atomic E-state index is 0.298. The third-order valence-electron chi connectivity index (χ3n) is 4.30. The quantitative estimate of drug-likeness (QED) is 0.843. The van der Waals surface area contributed by atoms with E-state index in [1.54, 1.807) is 0 Å². The minimum absolute atomic E-state index is 0.298. The second-order valence-corrected chi connectivity index (χ2v) is 6.00. The highest BCUT2D eigenvalue weighted by molar-refractivity contribution is 5.38. The van der Waals surface area contributed by atoms with Crippen LogP contribution in [-0.4, -0.2) is 35.3 Å². The van der Waals surface area contributed by atoms with Crippen LogP contribution >= 0.6 is 0 Å². The Morgan fingerprint density at radius 1 is 1.21 bits per heavy atom. The summed E-state index contributed by atoms with van der Waals surface area (Å²) in [6, 6.07) is 6.31. The molecule has 19 heavy (non-hydrogen) atoms. The molecule has 1 saturated heterocycles. The molecule has 1 aliphatic heterocycles. The van der Waals surface area contributed by atoms with Gasteiger partial charge >= 0.3 is 0 Å². The molecule has 104 valence electrons. The summed E-state index contributed by atoms with van der Waals surface area (Å²) in [6.07, 6.45) is 4.16. The molecule has 0 saturated carbocycles. The zero-order valence-electron chi connectivity index (χ0n) is 11.8. The van der Waals surface area contributed by atoms with Gasteiger partial charge in [-0.15, -0.1) is 0 Å². The second kappa shape index (κ2) is 5.14. The maximum atomic E-state index is 9.77. The highest BCUT2D eigenvalue weighted by Crippen LogP contribution is 2.37. The van der Waals surface area contributed by atoms with E-state index in [1.165, 1.54) is 24.0 Å². The number of phenols is 1. The molecule has 0 aromatic heterocycles. The number of hydrogen-bond donors (Lipinski definition) is 1. The summed E-state index contributed by atoms with van der Waals surface area (Å²) in [5.74, 6) is 0.389. The predicted octanol–water partition coefficient (Wildman–Crippen LogP) is 2.88. The fourth-order valence-corrected chi connectivity index (χ4v) is 3.61. The predicted molar refractivity (Wildman–Crippen MR) is 75.4 cm³/mol. The van der Waals surface area contributed by atoms with Crippen molar-refractivity contribution in [2.24, 2.45) is 0 Å². The summed E-state index contributed by atoms with van der Waals surface area (Å²) in [5, 5.41) is 9.77. The average molecular weight is 261 g/mol. The molecule has 3 heteroatoms. The number of rotatable bonds is 1. The van der Waals surface area contributed by atoms with Gasteiger partial charge in [-0.25, -0.2) is 0 Å². The van der Waals surface area contributed by atoms with E-state index < -0.39 is 0 Å². The van der Waals surface area contributed by atoms with Crippen molar-refractivity contribution in [2.75, 3.05) is 13.1 Å². The van der Waals surface area contributed by atoms with Gasteiger partial charge in [-0.3, -0.25) is 4.90 Å². The van der Waals surface area contributed by atoms with E-state index in [-0.39, 0.29) is 0 Å². The number of nitrogens with zero attached hydrogens (tertiary/aromatic N) is 1. The summed E-state index contributed by atoms with van der Waals surface area (Å²) < 4.78 is 5.83. The monoisotopic (exact) mass is 261 g/mol. The normalized spacial score (nSPS) is 32.0. The van der Waals surface area contributed by atoms with Gasteiger partial charge in [0, 0.05) is 19.1 Å². The molecule has 3 unspecified atom stereocenters. The van der Waals surface area contributed by atoms with Crippen molar-refractivity contribution in [2.45, 2.75) is 51.4 Å². The van der Waals surface area contributed by atoms with Crippen LogP contribution in [0.25, 0.3) is 0 Å². The van der Waals surface area contributed by atoms with Crippen LogP contribution in [0.4, 0.5) is 0 Å². The van der Waals surface area contributed by atoms with Crippen molar-refractivity contribution in [1.29, 1.82) is 0 Å². The third kappa shape index (κ3) is 2.63. The average Bonchev–Trinajstić information content (AvgIpc) is 2.36. The maximum Gasteiger partial charge on any atom is 0.115 e. The van der Waals surface area contributed by atoms with Crippen LogP contribution < -0.4 is 0 Å². The molecule has 1 heterocycles. The summed E-state index contributed by atoms with van der Waals surface area (Å²) >= 11 is 0. The standard InChI is InChI=1S/C16H23NO2/c1-11-9-17(10-12(2)19-11)16-5-3-4-13-6-7-14(18)8-15(13)16/h6-8,11-12,16,18H,3-5,9-10H2,1-2H3. The first-order valence-corrected chi connectivity index (χ1v) is 7.35. The Balaban J connectivity index is 1.88. The summed E-state index contributed by atoms with van der Waals surface area (Å²) in [6.45, 7) is 6.28. The topological polar surface area (TPSA) is 32.7 Å². The van der Waals surface area contributed by atoms with Crippen LogP contribution in [0, 0.1) is 0 Å². The van der Waals surface area contributed by atoms with E-state index in [0.29, 0.717) is 24.0 Å². The molecule has 0 amide bonds. The third-order valence-corrected chi connectivity index (χ3v) is 4.30. The van der Waals surface area contributed by atoms with Gasteiger partial charge in [-0.05, 0) is 56.4 Å². The molecule has 1 N–H and O–H groups in total. The summed E-state index contributed by atoms with van der Waals surface area (Å²) in [4.78, 5) is 2.54. The van der Waals surface area contributed by atoms with E-state index in [2.05, 4.69) is 24.8 Å². The Morgan fingerprint density at radius 3 is 2.68 bits per heavy atom. The Kier molecular flexibility index (Phi) is 3.50. The molecule has 1 fully saturated rings. The lowest BCUT2D eigenvalue weighted by Gasteiger charge is -2.42. The number of hydrogen-bond acceptors (Lipinski definition) is 3. The van der Waals surface area contributed by atoms with Crippen LogP contribution in [0.5, 0.6) is 5.75 Å². The molecule has 3 atom stereocenters. The number of fused-ring (bicyclic) bond motifs is 1. The second-order valence-electron chi connectivity index (χ2n) is 6.00. The molecule has 3 rings (SSSR count). The van der Waals surface area contributed by atoms with E-state index in [0.717, 1.165) is 19.5 Å². The fraction of sp³-hybridized carbons (Fsp3) is 0.625. The summed E-state index contributed by atoms with van der Waals surface area (Å²) in [5.41, 5.74) is 2.73. The molecule has 1 aliphatic carbocycles. The van der Waals surface area contributed by atoms with Gasteiger partial charge in [0.15, 0.2) is 0 Å². The van der Waals surface area contributed by atoms with E-state index in [1.807, 2.05) is 12.1 Å². The molecule has 0 bridgehead atoms. The number of ether oxygens (including phenoxy) is 1. The first-order chi connectivity index (χ1) is 9.13. The molecular formula is C16H23NO2. The highest BCUT2D eigenvalue weighted by atomic mass is 16.5. The molecule has 0 radical (unpaired) electrons. The smallest absolute Gasteiger partial charge is 0.115 e. The van der Waals surface area contributed by atoms with Gasteiger partial charge in [0.25, 0.3) is 0 Å². The van der Waals surface area contributed by atoms with Gasteiger partial charge in [-0.1, -0.05) is 6.07 Å². The Labute approximate surface area is 115 Å². The Hall–Kier alpha value is -1.06. The van der Waals surface area contributed by atoms with Crippen molar-refractivity contribution in [3.8, 4) is 5.75 Å². The lowest BCUT2D eigenvalue weighted by atomic mass is 9.86. The molecule has 0 spiro atoms. The lowest BCUT2D eigenvalue weighted by molar-refractivity contribution is -0.0827. The fourth-order valence-electron chi connectivity index (χ4n) is 3.61. The van der Waals surface area contributed by atoms with Crippen LogP contribution in [0.15, 0.2) is 18.2 Å². The zero-order valence-corrected chi connectivity index (χ0v) is 11.8. The number of aryl methyl sites for hydroxylation is 1. The van der Waals surface area contributed by atoms with Crippen molar-refractivity contribution in [3.05, 3.63) is 29.3 Å². The van der Waals surface area contributed by atoms with E-state index in [9.17, 15) is 5.11 Å². The molecular weight excluding hydrogens is 238 g/mol. The van der Waals surface area contributed by atoms with Gasteiger partial charge < -0.3 is 9.84 Å². The van der Waals surface area contributed by atoms with E-state index in [4.69, 9.17) is 4.74 Å². The zero-order chi connectivity index (χ0) is 13.4. The Bertz CT molecular complexity index is 450. The van der Waals surface area contributed by atoms with Crippen LogP contribution in [-0.2, 0) is 11.2 Å². The van der Waals surface area contributed by atoms with E-state index >= 15 is 0 Å². The minimum Gasteiger partial charge on any atom is -0.508 e. The molecule has 1 aromatic carbocycles. The summed E-state index contributed by atoms with van der Waals surface area (Å²) in [7, 11) is 0. The SMILES string of the molecule is CC1CN(C2CCCc3ccc(O)cc32)CC(C)O1. The van der Waals surface area contributed by atoms with Crippen molar-refractivity contribution in [3.63, 3.8) is 0 Å². The largest absolute Gasteiger partial charge is 0.508 e. The molecule has 2 aliphatic rings. The van der Waals surface area contributed by atoms with Crippen LogP contribution in [0.1, 0.15) is 43.9 Å². The van der Waals surface area contributed by atoms with Gasteiger partial charge in [0.1, 0.15) is 5.75 Å².